The number of rotatable bonds is 7. The fraction of sp³-hybridized carbons (Fsp3) is 0.724. The molecule has 3 fully saturated rings. The monoisotopic (exact) mass is 610 g/mol. The summed E-state index contributed by atoms with van der Waals surface area (Å²) in [6.07, 6.45) is 6.92. The molecule has 0 N–H and O–H groups in total. The van der Waals surface area contributed by atoms with E-state index in [4.69, 9.17) is 9.42 Å². The number of aliphatic imine (C=N–C) groups is 1. The summed E-state index contributed by atoms with van der Waals surface area (Å²) >= 11 is 2.99. The van der Waals surface area contributed by atoms with Crippen molar-refractivity contribution in [2.45, 2.75) is 97.1 Å². The molecule has 4 rings (SSSR count). The summed E-state index contributed by atoms with van der Waals surface area (Å²) in [4.78, 5) is 19.2. The predicted molar refractivity (Wildman–Crippen MR) is 168 cm³/mol. The van der Waals surface area contributed by atoms with Crippen LogP contribution in [0.25, 0.3) is 0 Å². The smallest absolute Gasteiger partial charge is 0.261 e. The summed E-state index contributed by atoms with van der Waals surface area (Å²) in [5.74, 6) is 0.155. The molecule has 0 radical (unpaired) electrons. The van der Waals surface area contributed by atoms with Gasteiger partial charge in [-0.1, -0.05) is 58.9 Å². The maximum absolute atomic E-state index is 14.3. The van der Waals surface area contributed by atoms with Gasteiger partial charge in [-0.15, -0.1) is 23.5 Å². The van der Waals surface area contributed by atoms with Gasteiger partial charge >= 0.3 is 0 Å². The number of carbonyl (C=O) groups is 1. The number of sulfonamides is 1. The molecule has 218 valence electrons. The summed E-state index contributed by atoms with van der Waals surface area (Å²) < 4.78 is 35.9. The van der Waals surface area contributed by atoms with E-state index in [0.29, 0.717) is 18.9 Å². The molecule has 1 spiro atoms. The van der Waals surface area contributed by atoms with Crippen molar-refractivity contribution in [2.24, 2.45) is 21.7 Å². The van der Waals surface area contributed by atoms with Gasteiger partial charge in [0, 0.05) is 11.8 Å². The minimum atomic E-state index is -3.72. The van der Waals surface area contributed by atoms with Crippen LogP contribution in [0.5, 0.6) is 0 Å². The fourth-order valence-corrected chi connectivity index (χ4v) is 11.5. The highest BCUT2D eigenvalue weighted by Crippen LogP contribution is 2.70. The molecule has 10 heteroatoms. The Bertz CT molecular complexity index is 1240. The van der Waals surface area contributed by atoms with Crippen molar-refractivity contribution in [3.05, 3.63) is 35.4 Å². The van der Waals surface area contributed by atoms with Crippen LogP contribution >= 0.6 is 23.5 Å². The van der Waals surface area contributed by atoms with E-state index in [2.05, 4.69) is 53.8 Å². The number of thioether (sulfide) groups is 2. The van der Waals surface area contributed by atoms with Crippen molar-refractivity contribution in [3.8, 4) is 0 Å². The topological polar surface area (TPSA) is 76.0 Å². The molecule has 0 aromatic heterocycles. The van der Waals surface area contributed by atoms with Crippen LogP contribution in [0.2, 0.25) is 18.1 Å². The number of hydrogen-bond donors (Lipinski definition) is 0. The van der Waals surface area contributed by atoms with E-state index in [-0.39, 0.29) is 33.6 Å². The molecule has 4 unspecified atom stereocenters. The molecular formula is C29H46N2O4S3Si. The van der Waals surface area contributed by atoms with Crippen molar-refractivity contribution >= 4 is 52.1 Å². The van der Waals surface area contributed by atoms with E-state index in [1.165, 1.54) is 27.8 Å². The van der Waals surface area contributed by atoms with E-state index in [1.807, 2.05) is 30.7 Å². The van der Waals surface area contributed by atoms with Gasteiger partial charge in [0.1, 0.15) is 10.4 Å². The average molecular weight is 611 g/mol. The summed E-state index contributed by atoms with van der Waals surface area (Å²) in [6.45, 7) is 16.0. The van der Waals surface area contributed by atoms with Crippen LogP contribution in [0.3, 0.4) is 0 Å². The SMILES string of the molecule is CSC(=NC(Cc1ccccc1CO[Si](C)(C)C(C)(C)C)C(=O)N1C2CC3CCC2(CS1(=O)=O)C3(C)C)SC. The molecule has 1 aromatic carbocycles. The number of nitrogens with zero attached hydrogens (tertiary/aromatic N) is 2. The molecule has 1 aliphatic heterocycles. The third-order valence-corrected chi connectivity index (χ3v) is 18.8. The third kappa shape index (κ3) is 5.42. The quantitative estimate of drug-likeness (QED) is 0.198. The lowest BCUT2D eigenvalue weighted by atomic mass is 9.69. The largest absolute Gasteiger partial charge is 0.413 e. The first-order valence-electron chi connectivity index (χ1n) is 13.9. The molecule has 3 aliphatic rings. The van der Waals surface area contributed by atoms with Crippen molar-refractivity contribution in [3.63, 3.8) is 0 Å². The lowest BCUT2D eigenvalue weighted by Gasteiger charge is -2.37. The summed E-state index contributed by atoms with van der Waals surface area (Å²) in [5.41, 5.74) is 1.58. The Labute approximate surface area is 245 Å². The molecule has 2 saturated carbocycles. The Morgan fingerprint density at radius 1 is 1.18 bits per heavy atom. The van der Waals surface area contributed by atoms with Gasteiger partial charge in [-0.3, -0.25) is 9.79 Å². The van der Waals surface area contributed by atoms with Gasteiger partial charge in [-0.05, 0) is 72.4 Å². The Morgan fingerprint density at radius 3 is 2.36 bits per heavy atom. The lowest BCUT2D eigenvalue weighted by molar-refractivity contribution is -0.130. The number of fused-ring (bicyclic) bond motifs is 1. The van der Waals surface area contributed by atoms with Gasteiger partial charge in [0.25, 0.3) is 5.91 Å². The minimum absolute atomic E-state index is 0.0746. The molecule has 2 bridgehead atoms. The highest BCUT2D eigenvalue weighted by molar-refractivity contribution is 8.38. The van der Waals surface area contributed by atoms with Gasteiger partial charge < -0.3 is 4.43 Å². The molecule has 39 heavy (non-hydrogen) atoms. The van der Waals surface area contributed by atoms with Gasteiger partial charge in [0.15, 0.2) is 8.32 Å². The summed E-state index contributed by atoms with van der Waals surface area (Å²) in [7, 11) is -5.70. The van der Waals surface area contributed by atoms with Gasteiger partial charge in [0.05, 0.1) is 18.4 Å². The Balaban J connectivity index is 1.67. The fourth-order valence-electron chi connectivity index (χ4n) is 6.81. The molecular weight excluding hydrogens is 565 g/mol. The predicted octanol–water partition coefficient (Wildman–Crippen LogP) is 6.57. The highest BCUT2D eigenvalue weighted by atomic mass is 32.2. The summed E-state index contributed by atoms with van der Waals surface area (Å²) in [6, 6.07) is 6.98. The van der Waals surface area contributed by atoms with Crippen LogP contribution in [-0.4, -0.2) is 61.7 Å². The number of amides is 1. The minimum Gasteiger partial charge on any atom is -0.413 e. The molecule has 4 atom stereocenters. The Hall–Kier alpha value is -0.813. The third-order valence-electron chi connectivity index (χ3n) is 10.5. The van der Waals surface area contributed by atoms with E-state index in [9.17, 15) is 13.2 Å². The second-order valence-electron chi connectivity index (χ2n) is 13.6. The molecule has 6 nitrogen and oxygen atoms in total. The van der Waals surface area contributed by atoms with E-state index in [0.717, 1.165) is 34.8 Å². The van der Waals surface area contributed by atoms with Crippen LogP contribution in [0.15, 0.2) is 29.3 Å². The van der Waals surface area contributed by atoms with Crippen molar-refractivity contribution in [1.82, 2.24) is 4.31 Å². The van der Waals surface area contributed by atoms with E-state index >= 15 is 0 Å². The van der Waals surface area contributed by atoms with Crippen LogP contribution in [0, 0.1) is 16.7 Å². The van der Waals surface area contributed by atoms with Crippen LogP contribution < -0.4 is 0 Å². The van der Waals surface area contributed by atoms with Gasteiger partial charge in [-0.25, -0.2) is 12.7 Å². The van der Waals surface area contributed by atoms with E-state index in [1.54, 1.807) is 0 Å². The first kappa shape index (κ1) is 31.1. The molecule has 2 aliphatic carbocycles. The van der Waals surface area contributed by atoms with Crippen LogP contribution in [-0.2, 0) is 32.3 Å². The first-order chi connectivity index (χ1) is 18.0. The molecule has 1 saturated heterocycles. The Kier molecular flexibility index (Phi) is 8.61. The lowest BCUT2D eigenvalue weighted by Crippen LogP contribution is -2.48. The normalized spacial score (nSPS) is 27.9. The van der Waals surface area contributed by atoms with Crippen molar-refractivity contribution in [2.75, 3.05) is 18.3 Å². The number of carbonyl (C=O) groups excluding carboxylic acids is 1. The standard InChI is InChI=1S/C29H46N2O4S3Si/c1-27(2,3)39(8,9)35-18-21-13-11-10-12-20(21)16-23(30-26(36-6)37-7)25(32)31-24-17-22-14-15-29(24,28(22,4)5)19-38(31,33)34/h10-13,22-24H,14-19H2,1-9H3. The van der Waals surface area contributed by atoms with Crippen LogP contribution in [0.1, 0.15) is 65.0 Å². The maximum atomic E-state index is 14.3. The van der Waals surface area contributed by atoms with E-state index < -0.39 is 24.4 Å². The molecule has 1 heterocycles. The number of benzene rings is 1. The average Bonchev–Trinajstić information content (AvgIpc) is 3.33. The zero-order chi connectivity index (χ0) is 29.0. The highest BCUT2D eigenvalue weighted by Gasteiger charge is 2.72. The Morgan fingerprint density at radius 2 is 1.79 bits per heavy atom. The number of hydrogen-bond acceptors (Lipinski definition) is 7. The summed E-state index contributed by atoms with van der Waals surface area (Å²) in [5, 5.41) is 0.0881. The molecule has 1 aromatic rings. The zero-order valence-corrected chi connectivity index (χ0v) is 28.5. The second kappa shape index (κ2) is 10.8. The van der Waals surface area contributed by atoms with Gasteiger partial charge in [-0.2, -0.15) is 0 Å². The van der Waals surface area contributed by atoms with Crippen molar-refractivity contribution < 1.29 is 17.6 Å². The zero-order valence-electron chi connectivity index (χ0n) is 25.0. The maximum Gasteiger partial charge on any atom is 0.261 e. The first-order valence-corrected chi connectivity index (χ1v) is 20.9. The second-order valence-corrected chi connectivity index (χ2v) is 22.1. The molecule has 1 amide bonds. The van der Waals surface area contributed by atoms with Crippen molar-refractivity contribution in [1.29, 1.82) is 0 Å². The van der Waals surface area contributed by atoms with Gasteiger partial charge in [0.2, 0.25) is 10.0 Å². The van der Waals surface area contributed by atoms with Crippen LogP contribution in [0.4, 0.5) is 0 Å².